The van der Waals surface area contributed by atoms with Crippen LogP contribution in [0.2, 0.25) is 0 Å². The van der Waals surface area contributed by atoms with Crippen molar-refractivity contribution in [2.24, 2.45) is 0 Å². The fourth-order valence-electron chi connectivity index (χ4n) is 2.17. The van der Waals surface area contributed by atoms with Crippen LogP contribution >= 0.6 is 0 Å². The van der Waals surface area contributed by atoms with Crippen molar-refractivity contribution in [1.29, 1.82) is 0 Å². The number of hydrogen-bond donors (Lipinski definition) is 0. The van der Waals surface area contributed by atoms with Crippen molar-refractivity contribution in [1.82, 2.24) is 0 Å². The SMILES string of the molecule is CC(C)=CC(=O)CC1Cc2ccccc21. The Bertz CT molecular complexity index is 411. The second kappa shape index (κ2) is 4.01. The third kappa shape index (κ3) is 2.17. The summed E-state index contributed by atoms with van der Waals surface area (Å²) in [5, 5.41) is 0. The number of ketones is 1. The zero-order chi connectivity index (χ0) is 10.8. The van der Waals surface area contributed by atoms with E-state index in [0.717, 1.165) is 12.0 Å². The van der Waals surface area contributed by atoms with E-state index >= 15 is 0 Å². The third-order valence-corrected chi connectivity index (χ3v) is 2.86. The number of carbonyl (C=O) groups is 1. The first kappa shape index (κ1) is 10.2. The normalized spacial score (nSPS) is 17.6. The smallest absolute Gasteiger partial charge is 0.156 e. The highest BCUT2D eigenvalue weighted by molar-refractivity contribution is 5.91. The maximum absolute atomic E-state index is 11.6. The first-order valence-electron chi connectivity index (χ1n) is 5.42. The monoisotopic (exact) mass is 200 g/mol. The number of hydrogen-bond acceptors (Lipinski definition) is 1. The average molecular weight is 200 g/mol. The minimum atomic E-state index is 0.259. The molecule has 0 spiro atoms. The van der Waals surface area contributed by atoms with Gasteiger partial charge in [0.05, 0.1) is 0 Å². The van der Waals surface area contributed by atoms with Crippen molar-refractivity contribution in [2.45, 2.75) is 32.6 Å². The summed E-state index contributed by atoms with van der Waals surface area (Å²) in [5.41, 5.74) is 3.87. The first-order valence-corrected chi connectivity index (χ1v) is 5.42. The fraction of sp³-hybridized carbons (Fsp3) is 0.357. The Labute approximate surface area is 90.8 Å². The van der Waals surface area contributed by atoms with Gasteiger partial charge in [0, 0.05) is 6.42 Å². The molecule has 1 heteroatoms. The predicted molar refractivity (Wildman–Crippen MR) is 61.9 cm³/mol. The van der Waals surface area contributed by atoms with Gasteiger partial charge in [0.25, 0.3) is 0 Å². The Hall–Kier alpha value is -1.37. The van der Waals surface area contributed by atoms with Gasteiger partial charge in [-0.2, -0.15) is 0 Å². The first-order chi connectivity index (χ1) is 7.16. The van der Waals surface area contributed by atoms with Crippen LogP contribution in [0, 0.1) is 0 Å². The lowest BCUT2D eigenvalue weighted by molar-refractivity contribution is -0.115. The largest absolute Gasteiger partial charge is 0.295 e. The molecule has 1 aliphatic rings. The molecular formula is C14H16O. The number of rotatable bonds is 3. The molecule has 0 saturated heterocycles. The number of fused-ring (bicyclic) bond motifs is 1. The Kier molecular flexibility index (Phi) is 2.72. The van der Waals surface area contributed by atoms with Crippen LogP contribution < -0.4 is 0 Å². The molecule has 1 aromatic carbocycles. The Balaban J connectivity index is 2.01. The number of allylic oxidation sites excluding steroid dienone is 2. The molecule has 1 atom stereocenters. The zero-order valence-electron chi connectivity index (χ0n) is 9.29. The van der Waals surface area contributed by atoms with Gasteiger partial charge in [0.15, 0.2) is 5.78 Å². The van der Waals surface area contributed by atoms with Crippen LogP contribution in [0.4, 0.5) is 0 Å². The molecule has 78 valence electrons. The molecule has 0 fully saturated rings. The Morgan fingerprint density at radius 2 is 2.13 bits per heavy atom. The van der Waals surface area contributed by atoms with Gasteiger partial charge in [0.2, 0.25) is 0 Å². The molecule has 15 heavy (non-hydrogen) atoms. The Morgan fingerprint density at radius 1 is 1.40 bits per heavy atom. The van der Waals surface area contributed by atoms with Gasteiger partial charge in [0.1, 0.15) is 0 Å². The standard InChI is InChI=1S/C14H16O/c1-10(2)7-13(15)9-12-8-11-5-3-4-6-14(11)12/h3-7,12H,8-9H2,1-2H3. The summed E-state index contributed by atoms with van der Waals surface area (Å²) in [4.78, 5) is 11.6. The van der Waals surface area contributed by atoms with Crippen LogP contribution in [0.25, 0.3) is 0 Å². The van der Waals surface area contributed by atoms with Crippen molar-refractivity contribution in [3.8, 4) is 0 Å². The lowest BCUT2D eigenvalue weighted by Gasteiger charge is -2.29. The van der Waals surface area contributed by atoms with E-state index in [4.69, 9.17) is 0 Å². The highest BCUT2D eigenvalue weighted by atomic mass is 16.1. The lowest BCUT2D eigenvalue weighted by atomic mass is 9.75. The molecule has 1 unspecified atom stereocenters. The van der Waals surface area contributed by atoms with Crippen LogP contribution in [0.1, 0.15) is 37.3 Å². The maximum Gasteiger partial charge on any atom is 0.156 e. The van der Waals surface area contributed by atoms with E-state index in [1.165, 1.54) is 11.1 Å². The number of benzene rings is 1. The lowest BCUT2D eigenvalue weighted by Crippen LogP contribution is -2.19. The van der Waals surface area contributed by atoms with E-state index in [-0.39, 0.29) is 5.78 Å². The van der Waals surface area contributed by atoms with Gasteiger partial charge in [-0.1, -0.05) is 29.8 Å². The predicted octanol–water partition coefficient (Wildman–Crippen LogP) is 3.25. The average Bonchev–Trinajstić information content (AvgIpc) is 2.13. The number of carbonyl (C=O) groups excluding carboxylic acids is 1. The molecule has 0 bridgehead atoms. The van der Waals surface area contributed by atoms with Crippen LogP contribution in [0.3, 0.4) is 0 Å². The van der Waals surface area contributed by atoms with E-state index in [1.54, 1.807) is 6.08 Å². The third-order valence-electron chi connectivity index (χ3n) is 2.86. The van der Waals surface area contributed by atoms with E-state index in [0.29, 0.717) is 12.3 Å². The molecule has 2 rings (SSSR count). The zero-order valence-corrected chi connectivity index (χ0v) is 9.29. The van der Waals surface area contributed by atoms with Crippen molar-refractivity contribution in [2.75, 3.05) is 0 Å². The fourth-order valence-corrected chi connectivity index (χ4v) is 2.17. The molecule has 0 N–H and O–H groups in total. The summed E-state index contributed by atoms with van der Waals surface area (Å²) in [6.07, 6.45) is 3.49. The van der Waals surface area contributed by atoms with Gasteiger partial charge in [-0.15, -0.1) is 0 Å². The van der Waals surface area contributed by atoms with Crippen LogP contribution in [0.5, 0.6) is 0 Å². The topological polar surface area (TPSA) is 17.1 Å². The molecule has 0 saturated carbocycles. The van der Waals surface area contributed by atoms with E-state index in [1.807, 2.05) is 13.8 Å². The van der Waals surface area contributed by atoms with E-state index in [2.05, 4.69) is 24.3 Å². The van der Waals surface area contributed by atoms with Crippen LogP contribution in [-0.4, -0.2) is 5.78 Å². The summed E-state index contributed by atoms with van der Waals surface area (Å²) in [6, 6.07) is 8.40. The summed E-state index contributed by atoms with van der Waals surface area (Å²) in [6.45, 7) is 3.93. The minimum Gasteiger partial charge on any atom is -0.295 e. The molecule has 0 aliphatic heterocycles. The van der Waals surface area contributed by atoms with E-state index < -0.39 is 0 Å². The van der Waals surface area contributed by atoms with Gasteiger partial charge >= 0.3 is 0 Å². The van der Waals surface area contributed by atoms with Crippen molar-refractivity contribution in [3.63, 3.8) is 0 Å². The molecule has 0 radical (unpaired) electrons. The second-order valence-electron chi connectivity index (χ2n) is 4.49. The molecule has 0 amide bonds. The highest BCUT2D eigenvalue weighted by Gasteiger charge is 2.26. The van der Waals surface area contributed by atoms with Gasteiger partial charge in [-0.25, -0.2) is 0 Å². The quantitative estimate of drug-likeness (QED) is 0.684. The molecule has 0 aromatic heterocycles. The molecule has 1 nitrogen and oxygen atoms in total. The Morgan fingerprint density at radius 3 is 2.80 bits per heavy atom. The van der Waals surface area contributed by atoms with Crippen molar-refractivity contribution in [3.05, 3.63) is 47.0 Å². The summed E-state index contributed by atoms with van der Waals surface area (Å²) in [7, 11) is 0. The van der Waals surface area contributed by atoms with Gasteiger partial charge < -0.3 is 0 Å². The molecule has 0 heterocycles. The van der Waals surface area contributed by atoms with Crippen molar-refractivity contribution < 1.29 is 4.79 Å². The highest BCUT2D eigenvalue weighted by Crippen LogP contribution is 2.37. The van der Waals surface area contributed by atoms with E-state index in [9.17, 15) is 4.79 Å². The van der Waals surface area contributed by atoms with Gasteiger partial charge in [-0.05, 0) is 43.4 Å². The maximum atomic E-state index is 11.6. The molecule has 1 aliphatic carbocycles. The molecule has 1 aromatic rings. The molecular weight excluding hydrogens is 184 g/mol. The summed E-state index contributed by atoms with van der Waals surface area (Å²) < 4.78 is 0. The summed E-state index contributed by atoms with van der Waals surface area (Å²) >= 11 is 0. The second-order valence-corrected chi connectivity index (χ2v) is 4.49. The van der Waals surface area contributed by atoms with Crippen LogP contribution in [0.15, 0.2) is 35.9 Å². The summed E-state index contributed by atoms with van der Waals surface area (Å²) in [5.74, 6) is 0.721. The van der Waals surface area contributed by atoms with Crippen molar-refractivity contribution >= 4 is 5.78 Å². The van der Waals surface area contributed by atoms with Crippen LogP contribution in [-0.2, 0) is 11.2 Å². The minimum absolute atomic E-state index is 0.259. The van der Waals surface area contributed by atoms with Gasteiger partial charge in [-0.3, -0.25) is 4.79 Å².